The standard InChI is InChI=1S/C20H15ClF3N3O/c21-18-14(7-4-8-15(18)20(22,23)24)19(28)26-10-9-17-16(11-26)25-12-27(17)13-5-2-1-3-6-13/h1-8,12H,9-11H2. The largest absolute Gasteiger partial charge is 0.417 e. The zero-order valence-corrected chi connectivity index (χ0v) is 15.3. The summed E-state index contributed by atoms with van der Waals surface area (Å²) in [4.78, 5) is 18.7. The Hall–Kier alpha value is -2.80. The Kier molecular flexibility index (Phi) is 4.63. The van der Waals surface area contributed by atoms with Crippen LogP contribution in [0.15, 0.2) is 54.9 Å². The molecule has 4 rings (SSSR count). The molecule has 0 unspecified atom stereocenters. The average Bonchev–Trinajstić information content (AvgIpc) is 3.10. The molecule has 2 heterocycles. The summed E-state index contributed by atoms with van der Waals surface area (Å²) >= 11 is 5.90. The number of carbonyl (C=O) groups excluding carboxylic acids is 1. The zero-order chi connectivity index (χ0) is 19.9. The molecule has 1 amide bonds. The van der Waals surface area contributed by atoms with Crippen LogP contribution < -0.4 is 0 Å². The monoisotopic (exact) mass is 405 g/mol. The van der Waals surface area contributed by atoms with Crippen molar-refractivity contribution in [2.24, 2.45) is 0 Å². The molecule has 0 saturated carbocycles. The fraction of sp³-hybridized carbons (Fsp3) is 0.200. The van der Waals surface area contributed by atoms with Crippen LogP contribution in [0.4, 0.5) is 13.2 Å². The van der Waals surface area contributed by atoms with Gasteiger partial charge in [0.25, 0.3) is 5.91 Å². The predicted molar refractivity (Wildman–Crippen MR) is 98.5 cm³/mol. The number of carbonyl (C=O) groups is 1. The van der Waals surface area contributed by atoms with Crippen LogP contribution in [0.3, 0.4) is 0 Å². The van der Waals surface area contributed by atoms with Crippen LogP contribution in [0.25, 0.3) is 5.69 Å². The minimum atomic E-state index is -4.61. The highest BCUT2D eigenvalue weighted by atomic mass is 35.5. The molecule has 2 aromatic carbocycles. The lowest BCUT2D eigenvalue weighted by molar-refractivity contribution is -0.137. The fourth-order valence-electron chi connectivity index (χ4n) is 3.38. The molecule has 0 spiro atoms. The van der Waals surface area contributed by atoms with E-state index in [9.17, 15) is 18.0 Å². The summed E-state index contributed by atoms with van der Waals surface area (Å²) < 4.78 is 41.2. The highest BCUT2D eigenvalue weighted by Crippen LogP contribution is 2.37. The molecule has 28 heavy (non-hydrogen) atoms. The normalized spacial score (nSPS) is 14.1. The molecule has 0 bridgehead atoms. The molecule has 0 aliphatic carbocycles. The summed E-state index contributed by atoms with van der Waals surface area (Å²) in [5.41, 5.74) is 1.53. The quantitative estimate of drug-likeness (QED) is 0.617. The maximum Gasteiger partial charge on any atom is 0.417 e. The number of aromatic nitrogens is 2. The number of imidazole rings is 1. The number of nitrogens with zero attached hydrogens (tertiary/aromatic N) is 3. The highest BCUT2D eigenvalue weighted by molar-refractivity contribution is 6.34. The molecule has 1 aliphatic rings. The molecular weight excluding hydrogens is 391 g/mol. The molecule has 3 aromatic rings. The molecule has 0 atom stereocenters. The van der Waals surface area contributed by atoms with Gasteiger partial charge in [-0.05, 0) is 24.3 Å². The Bertz CT molecular complexity index is 1030. The van der Waals surface area contributed by atoms with Crippen LogP contribution >= 0.6 is 11.6 Å². The second-order valence-corrected chi connectivity index (χ2v) is 6.86. The summed E-state index contributed by atoms with van der Waals surface area (Å²) in [7, 11) is 0. The molecule has 0 saturated heterocycles. The van der Waals surface area contributed by atoms with E-state index in [2.05, 4.69) is 4.98 Å². The molecular formula is C20H15ClF3N3O. The van der Waals surface area contributed by atoms with Crippen molar-refractivity contribution in [1.82, 2.24) is 14.5 Å². The molecule has 8 heteroatoms. The summed E-state index contributed by atoms with van der Waals surface area (Å²) in [5.74, 6) is -0.531. The van der Waals surface area contributed by atoms with Gasteiger partial charge in [-0.2, -0.15) is 13.2 Å². The van der Waals surface area contributed by atoms with E-state index < -0.39 is 22.7 Å². The summed E-state index contributed by atoms with van der Waals surface area (Å²) in [5, 5.41) is -0.569. The number of halogens is 4. The minimum absolute atomic E-state index is 0.151. The lowest BCUT2D eigenvalue weighted by atomic mass is 10.1. The van der Waals surface area contributed by atoms with Gasteiger partial charge in [-0.25, -0.2) is 4.98 Å². The maximum absolute atomic E-state index is 13.1. The third-order valence-electron chi connectivity index (χ3n) is 4.77. The van der Waals surface area contributed by atoms with Crippen molar-refractivity contribution in [2.75, 3.05) is 6.54 Å². The van der Waals surface area contributed by atoms with Gasteiger partial charge in [0, 0.05) is 24.3 Å². The van der Waals surface area contributed by atoms with Crippen molar-refractivity contribution >= 4 is 17.5 Å². The third kappa shape index (κ3) is 3.26. The molecule has 4 nitrogen and oxygen atoms in total. The van der Waals surface area contributed by atoms with Gasteiger partial charge in [-0.15, -0.1) is 0 Å². The Balaban J connectivity index is 1.61. The number of benzene rings is 2. The van der Waals surface area contributed by atoms with Gasteiger partial charge in [0.05, 0.1) is 34.7 Å². The molecule has 1 aliphatic heterocycles. The van der Waals surface area contributed by atoms with Gasteiger partial charge in [0.2, 0.25) is 0 Å². The number of amides is 1. The van der Waals surface area contributed by atoms with Crippen LogP contribution in [0.2, 0.25) is 5.02 Å². The Labute approximate surface area is 164 Å². The van der Waals surface area contributed by atoms with Gasteiger partial charge in [-0.1, -0.05) is 35.9 Å². The third-order valence-corrected chi connectivity index (χ3v) is 5.18. The number of rotatable bonds is 2. The van der Waals surface area contributed by atoms with Crippen LogP contribution in [0.1, 0.15) is 27.3 Å². The van der Waals surface area contributed by atoms with Gasteiger partial charge in [0.15, 0.2) is 0 Å². The Morgan fingerprint density at radius 1 is 1.07 bits per heavy atom. The first-order chi connectivity index (χ1) is 13.4. The van der Waals surface area contributed by atoms with E-state index in [1.807, 2.05) is 34.9 Å². The number of alkyl halides is 3. The SMILES string of the molecule is O=C(c1cccc(C(F)(F)F)c1Cl)N1CCc2c(ncn2-c2ccccc2)C1. The lowest BCUT2D eigenvalue weighted by Gasteiger charge is -2.28. The van der Waals surface area contributed by atoms with Crippen molar-refractivity contribution in [3.8, 4) is 5.69 Å². The molecule has 144 valence electrons. The summed E-state index contributed by atoms with van der Waals surface area (Å²) in [6.45, 7) is 0.595. The second kappa shape index (κ2) is 6.98. The zero-order valence-electron chi connectivity index (χ0n) is 14.6. The lowest BCUT2D eigenvalue weighted by Crippen LogP contribution is -2.36. The van der Waals surface area contributed by atoms with E-state index in [1.165, 1.54) is 17.0 Å². The van der Waals surface area contributed by atoms with Crippen molar-refractivity contribution in [3.05, 3.63) is 82.4 Å². The van der Waals surface area contributed by atoms with Crippen LogP contribution in [-0.4, -0.2) is 26.9 Å². The summed E-state index contributed by atoms with van der Waals surface area (Å²) in [6.07, 6.45) is -2.37. The highest BCUT2D eigenvalue weighted by Gasteiger charge is 2.35. The van der Waals surface area contributed by atoms with Gasteiger partial charge < -0.3 is 9.47 Å². The van der Waals surface area contributed by atoms with Gasteiger partial charge in [-0.3, -0.25) is 4.79 Å². The van der Waals surface area contributed by atoms with E-state index in [-0.39, 0.29) is 12.1 Å². The number of para-hydroxylation sites is 1. The molecule has 1 aromatic heterocycles. The smallest absolute Gasteiger partial charge is 0.332 e. The first-order valence-corrected chi connectivity index (χ1v) is 8.99. The van der Waals surface area contributed by atoms with Gasteiger partial charge >= 0.3 is 6.18 Å². The fourth-order valence-corrected chi connectivity index (χ4v) is 3.69. The van der Waals surface area contributed by atoms with E-state index in [1.54, 1.807) is 6.33 Å². The van der Waals surface area contributed by atoms with Crippen molar-refractivity contribution < 1.29 is 18.0 Å². The van der Waals surface area contributed by atoms with E-state index in [0.29, 0.717) is 13.0 Å². The van der Waals surface area contributed by atoms with Crippen molar-refractivity contribution in [2.45, 2.75) is 19.1 Å². The van der Waals surface area contributed by atoms with Crippen LogP contribution in [-0.2, 0) is 19.1 Å². The summed E-state index contributed by atoms with van der Waals surface area (Å²) in [6, 6.07) is 13.1. The van der Waals surface area contributed by atoms with E-state index in [4.69, 9.17) is 11.6 Å². The predicted octanol–water partition coefficient (Wildman–Crippen LogP) is 4.74. The van der Waals surface area contributed by atoms with Crippen LogP contribution in [0, 0.1) is 0 Å². The number of fused-ring (bicyclic) bond motifs is 1. The van der Waals surface area contributed by atoms with E-state index in [0.717, 1.165) is 23.1 Å². The Morgan fingerprint density at radius 2 is 1.82 bits per heavy atom. The first-order valence-electron chi connectivity index (χ1n) is 8.62. The van der Waals surface area contributed by atoms with Crippen LogP contribution in [0.5, 0.6) is 0 Å². The van der Waals surface area contributed by atoms with E-state index >= 15 is 0 Å². The van der Waals surface area contributed by atoms with Gasteiger partial charge in [0.1, 0.15) is 0 Å². The van der Waals surface area contributed by atoms with Crippen molar-refractivity contribution in [1.29, 1.82) is 0 Å². The maximum atomic E-state index is 13.1. The molecule has 0 radical (unpaired) electrons. The topological polar surface area (TPSA) is 38.1 Å². The molecule has 0 fully saturated rings. The average molecular weight is 406 g/mol. The second-order valence-electron chi connectivity index (χ2n) is 6.49. The number of hydrogen-bond acceptors (Lipinski definition) is 2. The number of hydrogen-bond donors (Lipinski definition) is 0. The Morgan fingerprint density at radius 3 is 2.54 bits per heavy atom. The first kappa shape index (κ1) is 18.6. The molecule has 0 N–H and O–H groups in total. The minimum Gasteiger partial charge on any atom is -0.332 e. The van der Waals surface area contributed by atoms with Crippen molar-refractivity contribution in [3.63, 3.8) is 0 Å².